The van der Waals surface area contributed by atoms with Gasteiger partial charge in [0.05, 0.1) is 12.2 Å². The average Bonchev–Trinajstić information content (AvgIpc) is 2.77. The van der Waals surface area contributed by atoms with Gasteiger partial charge in [-0.25, -0.2) is 14.4 Å². The first kappa shape index (κ1) is 32.5. The molecule has 0 saturated carbocycles. The van der Waals surface area contributed by atoms with Crippen LogP contribution in [0, 0.1) is 0 Å². The quantitative estimate of drug-likeness (QED) is 0.191. The van der Waals surface area contributed by atoms with Crippen LogP contribution in [0.4, 0.5) is 14.4 Å². The topological polar surface area (TPSA) is 170 Å². The summed E-state index contributed by atoms with van der Waals surface area (Å²) in [5.41, 5.74) is 6.29. The van der Waals surface area contributed by atoms with Crippen LogP contribution in [-0.4, -0.2) is 60.0 Å². The Morgan fingerprint density at radius 2 is 1.32 bits per heavy atom. The molecule has 0 bridgehead atoms. The molecule has 12 nitrogen and oxygen atoms in total. The highest BCUT2D eigenvalue weighted by Gasteiger charge is 2.31. The SMILES string of the molecule is CCCC(C)OC(=O)OC(C)CC(c1ccc(OC(=O)OC(C)C)c(OC(=O)OC(C)C)c1)[C@H](N)C(=O)O. The van der Waals surface area contributed by atoms with E-state index in [1.807, 2.05) is 6.92 Å². The standard InChI is InChI=1S/C26H39NO11/c1-8-9-16(6)35-26(32)36-17(7)12-19(22(27)23(28)29)18-10-11-20(37-24(30)33-14(2)3)21(13-18)38-25(31)34-15(4)5/h10-11,13-17,19,22H,8-9,12,27H2,1-7H3,(H,28,29)/t16?,17?,19?,22-/m0/s1. The summed E-state index contributed by atoms with van der Waals surface area (Å²) in [6, 6.07) is 2.66. The van der Waals surface area contributed by atoms with Crippen molar-refractivity contribution < 1.29 is 52.7 Å². The molecule has 0 aliphatic rings. The highest BCUT2D eigenvalue weighted by atomic mass is 16.8. The molecule has 0 aliphatic heterocycles. The van der Waals surface area contributed by atoms with Crippen LogP contribution in [0.3, 0.4) is 0 Å². The van der Waals surface area contributed by atoms with Crippen LogP contribution < -0.4 is 15.2 Å². The second-order valence-electron chi connectivity index (χ2n) is 9.35. The first-order valence-corrected chi connectivity index (χ1v) is 12.5. The molecular formula is C26H39NO11. The van der Waals surface area contributed by atoms with Gasteiger partial charge in [-0.2, -0.15) is 0 Å². The van der Waals surface area contributed by atoms with Gasteiger partial charge in [0.1, 0.15) is 18.2 Å². The maximum atomic E-state index is 12.2. The van der Waals surface area contributed by atoms with Crippen LogP contribution in [0.5, 0.6) is 11.5 Å². The molecule has 3 unspecified atom stereocenters. The van der Waals surface area contributed by atoms with Crippen molar-refractivity contribution in [3.63, 3.8) is 0 Å². The molecule has 0 saturated heterocycles. The lowest BCUT2D eigenvalue weighted by Crippen LogP contribution is -2.38. The van der Waals surface area contributed by atoms with Crippen molar-refractivity contribution in [3.05, 3.63) is 23.8 Å². The Balaban J connectivity index is 3.27. The van der Waals surface area contributed by atoms with Gasteiger partial charge in [-0.3, -0.25) is 4.79 Å². The zero-order chi connectivity index (χ0) is 29.0. The number of carbonyl (C=O) groups excluding carboxylic acids is 3. The lowest BCUT2D eigenvalue weighted by molar-refractivity contribution is -0.139. The summed E-state index contributed by atoms with van der Waals surface area (Å²) in [6.07, 6.45) is -3.58. The van der Waals surface area contributed by atoms with Crippen molar-refractivity contribution in [1.82, 2.24) is 0 Å². The number of carboxylic acid groups (broad SMARTS) is 1. The molecule has 38 heavy (non-hydrogen) atoms. The third-order valence-electron chi connectivity index (χ3n) is 5.04. The van der Waals surface area contributed by atoms with Gasteiger partial charge in [0, 0.05) is 5.92 Å². The Hall–Kier alpha value is -3.54. The van der Waals surface area contributed by atoms with E-state index >= 15 is 0 Å². The van der Waals surface area contributed by atoms with Crippen molar-refractivity contribution in [2.24, 2.45) is 5.73 Å². The molecular weight excluding hydrogens is 502 g/mol. The fourth-order valence-corrected chi connectivity index (χ4v) is 3.42. The number of nitrogens with two attached hydrogens (primary N) is 1. The van der Waals surface area contributed by atoms with E-state index < -0.39 is 54.7 Å². The summed E-state index contributed by atoms with van der Waals surface area (Å²) in [5.74, 6) is -2.59. The Bertz CT molecular complexity index is 947. The van der Waals surface area contributed by atoms with E-state index in [0.717, 1.165) is 6.42 Å². The fourth-order valence-electron chi connectivity index (χ4n) is 3.42. The van der Waals surface area contributed by atoms with Crippen molar-refractivity contribution in [1.29, 1.82) is 0 Å². The van der Waals surface area contributed by atoms with E-state index in [0.29, 0.717) is 12.0 Å². The van der Waals surface area contributed by atoms with E-state index in [4.69, 9.17) is 34.2 Å². The number of aliphatic carboxylic acids is 1. The third kappa shape index (κ3) is 11.7. The maximum absolute atomic E-state index is 12.2. The monoisotopic (exact) mass is 541 g/mol. The highest BCUT2D eigenvalue weighted by molar-refractivity contribution is 5.75. The smallest absolute Gasteiger partial charge is 0.480 e. The highest BCUT2D eigenvalue weighted by Crippen LogP contribution is 2.35. The van der Waals surface area contributed by atoms with Crippen LogP contribution in [0.15, 0.2) is 18.2 Å². The van der Waals surface area contributed by atoms with E-state index in [1.54, 1.807) is 41.5 Å². The molecule has 0 amide bonds. The normalized spacial score (nSPS) is 14.2. The molecule has 0 aliphatic carbocycles. The molecule has 0 aromatic heterocycles. The van der Waals surface area contributed by atoms with Gasteiger partial charge >= 0.3 is 24.4 Å². The maximum Gasteiger partial charge on any atom is 0.514 e. The van der Waals surface area contributed by atoms with Crippen molar-refractivity contribution in [2.45, 2.75) is 104 Å². The zero-order valence-electron chi connectivity index (χ0n) is 22.9. The summed E-state index contributed by atoms with van der Waals surface area (Å²) in [5, 5.41) is 9.61. The molecule has 1 aromatic rings. The number of carbonyl (C=O) groups is 4. The molecule has 1 aromatic carbocycles. The molecule has 0 radical (unpaired) electrons. The Morgan fingerprint density at radius 3 is 1.82 bits per heavy atom. The largest absolute Gasteiger partial charge is 0.514 e. The van der Waals surface area contributed by atoms with Gasteiger partial charge in [0.15, 0.2) is 11.5 Å². The number of ether oxygens (including phenoxy) is 6. The van der Waals surface area contributed by atoms with Crippen molar-refractivity contribution >= 4 is 24.4 Å². The Morgan fingerprint density at radius 1 is 0.789 bits per heavy atom. The number of hydrogen-bond donors (Lipinski definition) is 2. The third-order valence-corrected chi connectivity index (χ3v) is 5.04. The van der Waals surface area contributed by atoms with E-state index in [-0.39, 0.29) is 24.0 Å². The minimum atomic E-state index is -1.41. The molecule has 0 spiro atoms. The first-order chi connectivity index (χ1) is 17.7. The summed E-state index contributed by atoms with van der Waals surface area (Å²) in [6.45, 7) is 11.8. The number of hydrogen-bond acceptors (Lipinski definition) is 11. The van der Waals surface area contributed by atoms with Crippen LogP contribution in [-0.2, 0) is 23.7 Å². The van der Waals surface area contributed by atoms with E-state index in [2.05, 4.69) is 0 Å². The molecule has 3 N–H and O–H groups in total. The minimum Gasteiger partial charge on any atom is -0.480 e. The molecule has 1 rings (SSSR count). The molecule has 12 heteroatoms. The summed E-state index contributed by atoms with van der Waals surface area (Å²) in [7, 11) is 0. The van der Waals surface area contributed by atoms with Crippen LogP contribution >= 0.6 is 0 Å². The van der Waals surface area contributed by atoms with Crippen LogP contribution in [0.1, 0.15) is 79.2 Å². The van der Waals surface area contributed by atoms with Gasteiger partial charge in [-0.15, -0.1) is 0 Å². The van der Waals surface area contributed by atoms with E-state index in [9.17, 15) is 24.3 Å². The number of carboxylic acids is 1. The Kier molecular flexibility index (Phi) is 13.4. The van der Waals surface area contributed by atoms with Crippen LogP contribution in [0.2, 0.25) is 0 Å². The molecule has 0 heterocycles. The van der Waals surface area contributed by atoms with Gasteiger partial charge < -0.3 is 39.3 Å². The molecule has 214 valence electrons. The summed E-state index contributed by atoms with van der Waals surface area (Å²) in [4.78, 5) is 48.1. The predicted molar refractivity (Wildman–Crippen MR) is 135 cm³/mol. The summed E-state index contributed by atoms with van der Waals surface area (Å²) >= 11 is 0. The predicted octanol–water partition coefficient (Wildman–Crippen LogP) is 5.15. The van der Waals surface area contributed by atoms with Gasteiger partial charge in [-0.05, 0) is 72.1 Å². The summed E-state index contributed by atoms with van der Waals surface area (Å²) < 4.78 is 30.9. The minimum absolute atomic E-state index is 0.00377. The van der Waals surface area contributed by atoms with Crippen molar-refractivity contribution in [2.75, 3.05) is 0 Å². The second kappa shape index (κ2) is 15.7. The Labute approximate surface area is 222 Å². The lowest BCUT2D eigenvalue weighted by atomic mass is 9.87. The number of rotatable bonds is 13. The average molecular weight is 542 g/mol. The lowest BCUT2D eigenvalue weighted by Gasteiger charge is -2.25. The van der Waals surface area contributed by atoms with Gasteiger partial charge in [0.2, 0.25) is 0 Å². The molecule has 4 atom stereocenters. The van der Waals surface area contributed by atoms with Gasteiger partial charge in [-0.1, -0.05) is 19.4 Å². The van der Waals surface area contributed by atoms with Crippen molar-refractivity contribution in [3.8, 4) is 11.5 Å². The van der Waals surface area contributed by atoms with Crippen LogP contribution in [0.25, 0.3) is 0 Å². The first-order valence-electron chi connectivity index (χ1n) is 12.5. The second-order valence-corrected chi connectivity index (χ2v) is 9.35. The fraction of sp³-hybridized carbons (Fsp3) is 0.615. The molecule has 0 fully saturated rings. The van der Waals surface area contributed by atoms with Gasteiger partial charge in [0.25, 0.3) is 0 Å². The van der Waals surface area contributed by atoms with E-state index in [1.165, 1.54) is 18.2 Å². The zero-order valence-corrected chi connectivity index (χ0v) is 22.9. The number of benzene rings is 1.